The summed E-state index contributed by atoms with van der Waals surface area (Å²) < 4.78 is 130. The summed E-state index contributed by atoms with van der Waals surface area (Å²) in [6, 6.07) is 7.74. The molecule has 1 aliphatic rings. The topological polar surface area (TPSA) is 9.23 Å². The molecule has 0 unspecified atom stereocenters. The van der Waals surface area contributed by atoms with Gasteiger partial charge in [0.2, 0.25) is 0 Å². The molecule has 1 saturated carbocycles. The quantitative estimate of drug-likeness (QED) is 0.239. The summed E-state index contributed by atoms with van der Waals surface area (Å²) in [5.41, 5.74) is -1.63. The predicted octanol–water partition coefficient (Wildman–Crippen LogP) is 10.7. The molecule has 1 aliphatic carbocycles. The van der Waals surface area contributed by atoms with Crippen molar-refractivity contribution in [2.24, 2.45) is 11.8 Å². The van der Waals surface area contributed by atoms with Gasteiger partial charge in [-0.1, -0.05) is 31.9 Å². The molecular formula is C31H27F9O. The normalized spacial score (nSPS) is 18.2. The molecule has 1 nitrogen and oxygen atoms in total. The van der Waals surface area contributed by atoms with Gasteiger partial charge in [0.1, 0.15) is 29.0 Å². The fourth-order valence-electron chi connectivity index (χ4n) is 5.22. The highest BCUT2D eigenvalue weighted by atomic mass is 19.4. The van der Waals surface area contributed by atoms with E-state index in [1.165, 1.54) is 6.07 Å². The van der Waals surface area contributed by atoms with Gasteiger partial charge < -0.3 is 4.74 Å². The van der Waals surface area contributed by atoms with Gasteiger partial charge in [-0.3, -0.25) is 0 Å². The minimum atomic E-state index is -4.78. The van der Waals surface area contributed by atoms with Crippen LogP contribution in [0.3, 0.4) is 0 Å². The van der Waals surface area contributed by atoms with Gasteiger partial charge >= 0.3 is 12.3 Å². The maximum atomic E-state index is 15.0. The average molecular weight is 587 g/mol. The summed E-state index contributed by atoms with van der Waals surface area (Å²) in [4.78, 5) is 0. The first-order chi connectivity index (χ1) is 19.3. The van der Waals surface area contributed by atoms with Crippen LogP contribution in [0.5, 0.6) is 5.75 Å². The van der Waals surface area contributed by atoms with Gasteiger partial charge in [0.05, 0.1) is 5.92 Å². The van der Waals surface area contributed by atoms with Crippen LogP contribution in [0.4, 0.5) is 39.5 Å². The van der Waals surface area contributed by atoms with Crippen molar-refractivity contribution in [3.8, 4) is 28.0 Å². The van der Waals surface area contributed by atoms with Gasteiger partial charge in [-0.15, -0.1) is 0 Å². The Balaban J connectivity index is 1.51. The fourth-order valence-corrected chi connectivity index (χ4v) is 5.22. The highest BCUT2D eigenvalue weighted by molar-refractivity contribution is 5.73. The zero-order chi connectivity index (χ0) is 29.9. The number of rotatable bonds is 8. The third-order valence-electron chi connectivity index (χ3n) is 7.32. The first kappa shape index (κ1) is 30.5. The zero-order valence-electron chi connectivity index (χ0n) is 22.0. The molecule has 0 bridgehead atoms. The molecule has 0 saturated heterocycles. The highest BCUT2D eigenvalue weighted by Crippen LogP contribution is 2.42. The Morgan fingerprint density at radius 2 is 1.29 bits per heavy atom. The summed E-state index contributed by atoms with van der Waals surface area (Å²) in [5, 5.41) is 0. The molecule has 0 aromatic heterocycles. The van der Waals surface area contributed by atoms with E-state index in [1.54, 1.807) is 0 Å². The van der Waals surface area contributed by atoms with Crippen LogP contribution in [0, 0.1) is 35.1 Å². The SMILES string of the molecule is CCCC1CCC(C(F)(F)Oc2ccc(-c3ccc(-c4cc(F)c(/C=C/C(F)(F)F)c(F)c4)c(F)c3)c(F)c2)CC1. The van der Waals surface area contributed by atoms with Crippen LogP contribution in [-0.4, -0.2) is 12.3 Å². The molecule has 0 N–H and O–H groups in total. The number of ether oxygens (including phenoxy) is 1. The van der Waals surface area contributed by atoms with Crippen LogP contribution >= 0.6 is 0 Å². The number of alkyl halides is 5. The monoisotopic (exact) mass is 586 g/mol. The smallest absolute Gasteiger partial charge is 0.409 e. The van der Waals surface area contributed by atoms with Gasteiger partial charge in [-0.25, -0.2) is 17.6 Å². The molecule has 220 valence electrons. The lowest BCUT2D eigenvalue weighted by atomic mass is 9.79. The Kier molecular flexibility index (Phi) is 9.09. The second-order valence-corrected chi connectivity index (χ2v) is 10.2. The Morgan fingerprint density at radius 1 is 0.732 bits per heavy atom. The first-order valence-electron chi connectivity index (χ1n) is 13.2. The minimum absolute atomic E-state index is 0.0157. The fraction of sp³-hybridized carbons (Fsp3) is 0.355. The Morgan fingerprint density at radius 3 is 1.85 bits per heavy atom. The van der Waals surface area contributed by atoms with Crippen LogP contribution in [0.15, 0.2) is 54.6 Å². The van der Waals surface area contributed by atoms with Gasteiger partial charge in [0, 0.05) is 28.8 Å². The number of hydrogen-bond acceptors (Lipinski definition) is 1. The summed E-state index contributed by atoms with van der Waals surface area (Å²) in [6.45, 7) is 2.05. The average Bonchev–Trinajstić information content (AvgIpc) is 2.88. The summed E-state index contributed by atoms with van der Waals surface area (Å²) in [6.07, 6.45) is -4.38. The number of hydrogen-bond donors (Lipinski definition) is 0. The third kappa shape index (κ3) is 7.45. The molecule has 0 spiro atoms. The highest BCUT2D eigenvalue weighted by Gasteiger charge is 2.44. The van der Waals surface area contributed by atoms with Crippen LogP contribution in [-0.2, 0) is 0 Å². The van der Waals surface area contributed by atoms with Crippen LogP contribution in [0.25, 0.3) is 28.3 Å². The van der Waals surface area contributed by atoms with Gasteiger partial charge in [-0.05, 0) is 79.1 Å². The summed E-state index contributed by atoms with van der Waals surface area (Å²) >= 11 is 0. The van der Waals surface area contributed by atoms with E-state index in [4.69, 9.17) is 4.74 Å². The van der Waals surface area contributed by atoms with Crippen LogP contribution in [0.2, 0.25) is 0 Å². The molecule has 4 rings (SSSR count). The van der Waals surface area contributed by atoms with Gasteiger partial charge in [0.15, 0.2) is 0 Å². The van der Waals surface area contributed by atoms with Crippen molar-refractivity contribution in [2.75, 3.05) is 0 Å². The van der Waals surface area contributed by atoms with E-state index in [-0.39, 0.29) is 40.2 Å². The zero-order valence-corrected chi connectivity index (χ0v) is 22.0. The second-order valence-electron chi connectivity index (χ2n) is 10.2. The van der Waals surface area contributed by atoms with Crippen molar-refractivity contribution in [1.82, 2.24) is 0 Å². The maximum Gasteiger partial charge on any atom is 0.409 e. The molecule has 0 atom stereocenters. The molecule has 3 aromatic carbocycles. The Labute approximate surface area is 231 Å². The van der Waals surface area contributed by atoms with Crippen molar-refractivity contribution in [1.29, 1.82) is 0 Å². The first-order valence-corrected chi connectivity index (χ1v) is 13.2. The van der Waals surface area contributed by atoms with Crippen LogP contribution < -0.4 is 4.74 Å². The molecule has 0 amide bonds. The standard InChI is InChI=1S/C31H27F9O/c1-2-3-18-4-7-21(8-5-18)31(39,40)41-22-9-11-23(29(35)17-22)19-6-10-24(26(32)14-19)20-15-27(33)25(28(34)16-20)12-13-30(36,37)38/h6,9-18,21H,2-5,7-8H2,1H3/b13-12+. The molecule has 3 aromatic rings. The summed E-state index contributed by atoms with van der Waals surface area (Å²) in [5.74, 6) is -5.56. The Bertz CT molecular complexity index is 1380. The Hall–Kier alpha value is -3.43. The van der Waals surface area contributed by atoms with Crippen molar-refractivity contribution in [3.05, 3.63) is 83.4 Å². The molecule has 0 radical (unpaired) electrons. The molecule has 1 fully saturated rings. The van der Waals surface area contributed by atoms with E-state index >= 15 is 0 Å². The number of benzene rings is 3. The van der Waals surface area contributed by atoms with E-state index in [2.05, 4.69) is 6.92 Å². The molecular weight excluding hydrogens is 559 g/mol. The van der Waals surface area contributed by atoms with Crippen molar-refractivity contribution < 1.29 is 44.3 Å². The number of halogens is 9. The van der Waals surface area contributed by atoms with Crippen molar-refractivity contribution >= 4 is 6.08 Å². The van der Waals surface area contributed by atoms with E-state index in [0.717, 1.165) is 43.2 Å². The maximum absolute atomic E-state index is 15.0. The lowest BCUT2D eigenvalue weighted by Gasteiger charge is -2.33. The lowest BCUT2D eigenvalue weighted by molar-refractivity contribution is -0.223. The lowest BCUT2D eigenvalue weighted by Crippen LogP contribution is -2.37. The van der Waals surface area contributed by atoms with E-state index in [9.17, 15) is 39.5 Å². The molecule has 10 heteroatoms. The van der Waals surface area contributed by atoms with Crippen molar-refractivity contribution in [3.63, 3.8) is 0 Å². The van der Waals surface area contributed by atoms with E-state index < -0.39 is 47.0 Å². The minimum Gasteiger partial charge on any atom is -0.432 e. The van der Waals surface area contributed by atoms with Gasteiger partial charge in [-0.2, -0.15) is 22.0 Å². The summed E-state index contributed by atoms with van der Waals surface area (Å²) in [7, 11) is 0. The van der Waals surface area contributed by atoms with E-state index in [0.29, 0.717) is 43.7 Å². The second kappa shape index (κ2) is 12.2. The molecule has 41 heavy (non-hydrogen) atoms. The number of allylic oxidation sites excluding steroid dienone is 1. The largest absolute Gasteiger partial charge is 0.432 e. The predicted molar refractivity (Wildman–Crippen MR) is 138 cm³/mol. The molecule has 0 heterocycles. The third-order valence-corrected chi connectivity index (χ3v) is 7.32. The van der Waals surface area contributed by atoms with Crippen LogP contribution in [0.1, 0.15) is 51.0 Å². The van der Waals surface area contributed by atoms with E-state index in [1.807, 2.05) is 0 Å². The van der Waals surface area contributed by atoms with Gasteiger partial charge in [0.25, 0.3) is 0 Å². The molecule has 0 aliphatic heterocycles. The van der Waals surface area contributed by atoms with Crippen molar-refractivity contribution in [2.45, 2.75) is 57.7 Å².